The lowest BCUT2D eigenvalue weighted by Crippen LogP contribution is -2.21. The molecular weight excluding hydrogens is 366 g/mol. The molecule has 2 amide bonds. The number of nitriles is 1. The number of amides is 2. The van der Waals surface area contributed by atoms with Gasteiger partial charge in [0.1, 0.15) is 5.75 Å². The summed E-state index contributed by atoms with van der Waals surface area (Å²) in [5.41, 5.74) is 2.89. The highest BCUT2D eigenvalue weighted by molar-refractivity contribution is 6.06. The first-order valence-electron chi connectivity index (χ1n) is 8.95. The molecule has 0 heterocycles. The van der Waals surface area contributed by atoms with Gasteiger partial charge in [0.25, 0.3) is 11.8 Å². The first-order valence-corrected chi connectivity index (χ1v) is 8.95. The van der Waals surface area contributed by atoms with E-state index in [0.717, 1.165) is 0 Å². The molecule has 0 spiro atoms. The summed E-state index contributed by atoms with van der Waals surface area (Å²) in [6, 6.07) is 22.8. The van der Waals surface area contributed by atoms with Crippen molar-refractivity contribution in [3.05, 3.63) is 89.5 Å². The van der Waals surface area contributed by atoms with Crippen LogP contribution in [0.5, 0.6) is 5.75 Å². The molecule has 0 radical (unpaired) electrons. The quantitative estimate of drug-likeness (QED) is 0.667. The van der Waals surface area contributed by atoms with Crippen molar-refractivity contribution in [2.45, 2.75) is 6.92 Å². The summed E-state index contributed by atoms with van der Waals surface area (Å²) in [6.45, 7) is 1.59. The Morgan fingerprint density at radius 1 is 0.931 bits per heavy atom. The van der Waals surface area contributed by atoms with Crippen molar-refractivity contribution in [2.24, 2.45) is 0 Å². The Balaban J connectivity index is 1.63. The number of benzene rings is 3. The van der Waals surface area contributed by atoms with E-state index in [2.05, 4.69) is 10.6 Å². The molecule has 6 heteroatoms. The summed E-state index contributed by atoms with van der Waals surface area (Å²) in [6.07, 6.45) is 0. The minimum Gasteiger partial charge on any atom is -0.484 e. The van der Waals surface area contributed by atoms with Gasteiger partial charge in [0.05, 0.1) is 11.6 Å². The molecule has 2 N–H and O–H groups in total. The maximum atomic E-state index is 12.6. The maximum absolute atomic E-state index is 12.6. The molecule has 0 aromatic heterocycles. The summed E-state index contributed by atoms with van der Waals surface area (Å²) >= 11 is 0. The minimum absolute atomic E-state index is 0.189. The van der Waals surface area contributed by atoms with Crippen LogP contribution in [-0.2, 0) is 4.79 Å². The lowest BCUT2D eigenvalue weighted by atomic mass is 10.1. The largest absolute Gasteiger partial charge is 0.484 e. The van der Waals surface area contributed by atoms with Gasteiger partial charge in [-0.15, -0.1) is 0 Å². The number of carbonyl (C=O) groups excluding carboxylic acids is 2. The summed E-state index contributed by atoms with van der Waals surface area (Å²) in [5.74, 6) is -0.108. The number of anilines is 2. The highest BCUT2D eigenvalue weighted by atomic mass is 16.5. The number of hydrogen-bond donors (Lipinski definition) is 2. The average molecular weight is 385 g/mol. The average Bonchev–Trinajstić information content (AvgIpc) is 2.75. The van der Waals surface area contributed by atoms with Crippen LogP contribution in [0, 0.1) is 18.3 Å². The molecule has 0 aliphatic rings. The molecule has 3 aromatic carbocycles. The van der Waals surface area contributed by atoms with E-state index in [1.54, 1.807) is 61.5 Å². The van der Waals surface area contributed by atoms with Crippen LogP contribution in [-0.4, -0.2) is 18.4 Å². The molecule has 0 unspecified atom stereocenters. The number of rotatable bonds is 6. The van der Waals surface area contributed by atoms with Crippen molar-refractivity contribution in [3.8, 4) is 11.8 Å². The third-order valence-electron chi connectivity index (χ3n) is 4.24. The van der Waals surface area contributed by atoms with Gasteiger partial charge in [0, 0.05) is 16.9 Å². The Labute approximate surface area is 168 Å². The van der Waals surface area contributed by atoms with Crippen molar-refractivity contribution in [3.63, 3.8) is 0 Å². The van der Waals surface area contributed by atoms with Gasteiger partial charge < -0.3 is 15.4 Å². The molecular formula is C23H19N3O3. The van der Waals surface area contributed by atoms with Crippen LogP contribution in [0.4, 0.5) is 11.4 Å². The monoisotopic (exact) mass is 385 g/mol. The highest BCUT2D eigenvalue weighted by Crippen LogP contribution is 2.20. The molecule has 0 atom stereocenters. The molecule has 6 nitrogen and oxygen atoms in total. The predicted octanol–water partition coefficient (Wildman–Crippen LogP) is 4.14. The van der Waals surface area contributed by atoms with E-state index in [9.17, 15) is 9.59 Å². The van der Waals surface area contributed by atoms with Crippen LogP contribution in [0.15, 0.2) is 72.8 Å². The standard InChI is InChI=1S/C23H19N3O3/c1-16-20(23(28)25-18-6-3-2-4-7-18)8-5-9-21(16)26-22(27)15-29-19-12-10-17(14-24)11-13-19/h2-13H,15H2,1H3,(H,25,28)(H,26,27). The van der Waals surface area contributed by atoms with Crippen LogP contribution in [0.2, 0.25) is 0 Å². The highest BCUT2D eigenvalue weighted by Gasteiger charge is 2.14. The number of carbonyl (C=O) groups is 2. The van der Waals surface area contributed by atoms with E-state index in [0.29, 0.717) is 33.8 Å². The van der Waals surface area contributed by atoms with Gasteiger partial charge in [0.15, 0.2) is 6.61 Å². The molecule has 0 aliphatic carbocycles. The molecule has 29 heavy (non-hydrogen) atoms. The van der Waals surface area contributed by atoms with E-state index < -0.39 is 0 Å². The second kappa shape index (κ2) is 9.20. The fourth-order valence-corrected chi connectivity index (χ4v) is 2.70. The van der Waals surface area contributed by atoms with Crippen molar-refractivity contribution < 1.29 is 14.3 Å². The van der Waals surface area contributed by atoms with E-state index in [-0.39, 0.29) is 18.4 Å². The first-order chi connectivity index (χ1) is 14.1. The van der Waals surface area contributed by atoms with Crippen molar-refractivity contribution in [1.29, 1.82) is 5.26 Å². The third kappa shape index (κ3) is 5.21. The Kier molecular flexibility index (Phi) is 6.23. The Morgan fingerprint density at radius 3 is 2.34 bits per heavy atom. The summed E-state index contributed by atoms with van der Waals surface area (Å²) in [5, 5.41) is 14.4. The van der Waals surface area contributed by atoms with Gasteiger partial charge in [-0.05, 0) is 61.0 Å². The topological polar surface area (TPSA) is 91.2 Å². The van der Waals surface area contributed by atoms with Crippen LogP contribution in [0.1, 0.15) is 21.5 Å². The fourth-order valence-electron chi connectivity index (χ4n) is 2.70. The Hall–Kier alpha value is -4.11. The van der Waals surface area contributed by atoms with Gasteiger partial charge >= 0.3 is 0 Å². The summed E-state index contributed by atoms with van der Waals surface area (Å²) < 4.78 is 5.44. The number of nitrogens with one attached hydrogen (secondary N) is 2. The fraction of sp³-hybridized carbons (Fsp3) is 0.0870. The predicted molar refractivity (Wildman–Crippen MR) is 111 cm³/mol. The molecule has 144 valence electrons. The van der Waals surface area contributed by atoms with Gasteiger partial charge in [-0.25, -0.2) is 0 Å². The van der Waals surface area contributed by atoms with Crippen molar-refractivity contribution in [1.82, 2.24) is 0 Å². The van der Waals surface area contributed by atoms with E-state index >= 15 is 0 Å². The van der Waals surface area contributed by atoms with Crippen LogP contribution < -0.4 is 15.4 Å². The smallest absolute Gasteiger partial charge is 0.262 e. The molecule has 0 bridgehead atoms. The number of nitrogens with zero attached hydrogens (tertiary/aromatic N) is 1. The summed E-state index contributed by atoms with van der Waals surface area (Å²) in [4.78, 5) is 24.8. The maximum Gasteiger partial charge on any atom is 0.262 e. The Morgan fingerprint density at radius 2 is 1.66 bits per heavy atom. The molecule has 3 aromatic rings. The second-order valence-electron chi connectivity index (χ2n) is 6.27. The minimum atomic E-state index is -0.349. The van der Waals surface area contributed by atoms with Gasteiger partial charge in [-0.2, -0.15) is 5.26 Å². The van der Waals surface area contributed by atoms with E-state index in [1.807, 2.05) is 24.3 Å². The molecule has 0 aliphatic heterocycles. The SMILES string of the molecule is Cc1c(NC(=O)COc2ccc(C#N)cc2)cccc1C(=O)Nc1ccccc1. The van der Waals surface area contributed by atoms with Gasteiger partial charge in [-0.1, -0.05) is 24.3 Å². The van der Waals surface area contributed by atoms with Crippen molar-refractivity contribution in [2.75, 3.05) is 17.2 Å². The second-order valence-corrected chi connectivity index (χ2v) is 6.27. The van der Waals surface area contributed by atoms with E-state index in [4.69, 9.17) is 10.00 Å². The lowest BCUT2D eigenvalue weighted by molar-refractivity contribution is -0.118. The van der Waals surface area contributed by atoms with Gasteiger partial charge in [-0.3, -0.25) is 9.59 Å². The first kappa shape index (κ1) is 19.6. The number of para-hydroxylation sites is 1. The molecule has 0 fully saturated rings. The lowest BCUT2D eigenvalue weighted by Gasteiger charge is -2.13. The number of hydrogen-bond acceptors (Lipinski definition) is 4. The zero-order valence-corrected chi connectivity index (χ0v) is 15.8. The zero-order chi connectivity index (χ0) is 20.6. The van der Waals surface area contributed by atoms with Gasteiger partial charge in [0.2, 0.25) is 0 Å². The molecule has 0 saturated heterocycles. The Bertz CT molecular complexity index is 1050. The van der Waals surface area contributed by atoms with E-state index in [1.165, 1.54) is 0 Å². The van der Waals surface area contributed by atoms with Crippen LogP contribution >= 0.6 is 0 Å². The molecule has 3 rings (SSSR count). The van der Waals surface area contributed by atoms with Crippen molar-refractivity contribution >= 4 is 23.2 Å². The summed E-state index contributed by atoms with van der Waals surface area (Å²) in [7, 11) is 0. The number of ether oxygens (including phenoxy) is 1. The van der Waals surface area contributed by atoms with Crippen LogP contribution in [0.25, 0.3) is 0 Å². The zero-order valence-electron chi connectivity index (χ0n) is 15.8. The normalized spacial score (nSPS) is 9.93. The molecule has 0 saturated carbocycles. The van der Waals surface area contributed by atoms with Crippen LogP contribution in [0.3, 0.4) is 0 Å². The third-order valence-corrected chi connectivity index (χ3v) is 4.24.